The smallest absolute Gasteiger partial charge is 0.367 e. The number of thiazole rings is 1. The third-order valence-electron chi connectivity index (χ3n) is 3.01. The highest BCUT2D eigenvalue weighted by atomic mass is 32.1. The minimum absolute atomic E-state index is 0.176. The lowest BCUT2D eigenvalue weighted by molar-refractivity contribution is 0.0526. The number of nitrogens with zero attached hydrogens (tertiary/aromatic N) is 1. The Kier molecular flexibility index (Phi) is 3.38. The zero-order chi connectivity index (χ0) is 13.3. The van der Waals surface area contributed by atoms with Crippen LogP contribution >= 0.6 is 11.3 Å². The van der Waals surface area contributed by atoms with Gasteiger partial charge in [-0.25, -0.2) is 9.78 Å². The van der Waals surface area contributed by atoms with Crippen molar-refractivity contribution in [2.45, 2.75) is 33.2 Å². The number of esters is 1. The summed E-state index contributed by atoms with van der Waals surface area (Å²) in [6.07, 6.45) is 0.980. The standard InChI is InChI=1S/C12H16N2O3S/c1-4-17-11(16)10-13-7(6-18-10)9(15)14-8-5-12(8,2)3/h6,8H,4-5H2,1-3H3,(H,14,15). The van der Waals surface area contributed by atoms with E-state index in [1.807, 2.05) is 0 Å². The first-order valence-electron chi connectivity index (χ1n) is 5.87. The van der Waals surface area contributed by atoms with E-state index in [0.29, 0.717) is 6.61 Å². The zero-order valence-electron chi connectivity index (χ0n) is 10.6. The van der Waals surface area contributed by atoms with Gasteiger partial charge in [0.15, 0.2) is 0 Å². The topological polar surface area (TPSA) is 68.3 Å². The second kappa shape index (κ2) is 4.68. The van der Waals surface area contributed by atoms with Crippen LogP contribution in [0.25, 0.3) is 0 Å². The molecule has 1 N–H and O–H groups in total. The monoisotopic (exact) mass is 268 g/mol. The van der Waals surface area contributed by atoms with E-state index in [1.165, 1.54) is 0 Å². The van der Waals surface area contributed by atoms with Crippen LogP contribution in [0, 0.1) is 5.41 Å². The zero-order valence-corrected chi connectivity index (χ0v) is 11.5. The molecular formula is C12H16N2O3S. The molecule has 1 aliphatic carbocycles. The van der Waals surface area contributed by atoms with Gasteiger partial charge < -0.3 is 10.1 Å². The molecule has 0 radical (unpaired) electrons. The van der Waals surface area contributed by atoms with Crippen molar-refractivity contribution in [1.29, 1.82) is 0 Å². The Morgan fingerprint density at radius 3 is 2.83 bits per heavy atom. The van der Waals surface area contributed by atoms with Crippen molar-refractivity contribution in [3.63, 3.8) is 0 Å². The summed E-state index contributed by atoms with van der Waals surface area (Å²) in [7, 11) is 0. The van der Waals surface area contributed by atoms with Crippen LogP contribution in [0.5, 0.6) is 0 Å². The van der Waals surface area contributed by atoms with Gasteiger partial charge in [0.25, 0.3) is 5.91 Å². The van der Waals surface area contributed by atoms with E-state index < -0.39 is 5.97 Å². The number of ether oxygens (including phenoxy) is 1. The highest BCUT2D eigenvalue weighted by Crippen LogP contribution is 2.44. The molecule has 1 saturated carbocycles. The van der Waals surface area contributed by atoms with E-state index in [-0.39, 0.29) is 28.1 Å². The normalized spacial score (nSPS) is 20.3. The molecule has 0 saturated heterocycles. The first-order valence-corrected chi connectivity index (χ1v) is 6.75. The third-order valence-corrected chi connectivity index (χ3v) is 3.83. The van der Waals surface area contributed by atoms with Crippen LogP contribution in [0.3, 0.4) is 0 Å². The summed E-state index contributed by atoms with van der Waals surface area (Å²) in [5.41, 5.74) is 0.459. The molecular weight excluding hydrogens is 252 g/mol. The van der Waals surface area contributed by atoms with Crippen LogP contribution in [-0.4, -0.2) is 29.5 Å². The number of aromatic nitrogens is 1. The van der Waals surface area contributed by atoms with Crippen molar-refractivity contribution in [2.24, 2.45) is 5.41 Å². The Labute approximate surface area is 110 Å². The Morgan fingerprint density at radius 2 is 2.28 bits per heavy atom. The summed E-state index contributed by atoms with van der Waals surface area (Å²) in [6.45, 7) is 6.23. The number of hydrogen-bond acceptors (Lipinski definition) is 5. The van der Waals surface area contributed by atoms with Crippen molar-refractivity contribution in [3.05, 3.63) is 16.1 Å². The summed E-state index contributed by atoms with van der Waals surface area (Å²) in [5, 5.41) is 4.70. The SMILES string of the molecule is CCOC(=O)c1nc(C(=O)NC2CC2(C)C)cs1. The fraction of sp³-hybridized carbons (Fsp3) is 0.583. The second-order valence-corrected chi connectivity index (χ2v) is 5.84. The Balaban J connectivity index is 1.97. The second-order valence-electron chi connectivity index (χ2n) is 4.98. The summed E-state index contributed by atoms with van der Waals surface area (Å²) < 4.78 is 4.82. The average Bonchev–Trinajstić information content (AvgIpc) is 2.76. The van der Waals surface area contributed by atoms with Gasteiger partial charge in [0, 0.05) is 11.4 Å². The number of hydrogen-bond donors (Lipinski definition) is 1. The van der Waals surface area contributed by atoms with Crippen LogP contribution in [0.2, 0.25) is 0 Å². The Bertz CT molecular complexity index is 481. The molecule has 1 aromatic heterocycles. The Hall–Kier alpha value is -1.43. The molecule has 1 aromatic rings. The maximum atomic E-state index is 11.9. The van der Waals surface area contributed by atoms with Crippen LogP contribution in [0.1, 0.15) is 47.5 Å². The molecule has 0 aliphatic heterocycles. The lowest BCUT2D eigenvalue weighted by Crippen LogP contribution is -2.28. The van der Waals surface area contributed by atoms with Gasteiger partial charge in [0.05, 0.1) is 6.61 Å². The van der Waals surface area contributed by atoms with Crippen molar-refractivity contribution < 1.29 is 14.3 Å². The number of nitrogens with one attached hydrogen (secondary N) is 1. The van der Waals surface area contributed by atoms with Gasteiger partial charge in [-0.2, -0.15) is 0 Å². The maximum Gasteiger partial charge on any atom is 0.367 e. The van der Waals surface area contributed by atoms with E-state index in [2.05, 4.69) is 24.1 Å². The van der Waals surface area contributed by atoms with E-state index in [1.54, 1.807) is 12.3 Å². The number of rotatable bonds is 4. The fourth-order valence-corrected chi connectivity index (χ4v) is 2.30. The lowest BCUT2D eigenvalue weighted by Gasteiger charge is -2.04. The highest BCUT2D eigenvalue weighted by Gasteiger charge is 2.46. The molecule has 6 heteroatoms. The fourth-order valence-electron chi connectivity index (χ4n) is 1.61. The highest BCUT2D eigenvalue weighted by molar-refractivity contribution is 7.11. The van der Waals surface area contributed by atoms with Gasteiger partial charge in [-0.3, -0.25) is 4.79 Å². The van der Waals surface area contributed by atoms with Gasteiger partial charge in [-0.15, -0.1) is 11.3 Å². The van der Waals surface area contributed by atoms with Gasteiger partial charge in [-0.05, 0) is 18.8 Å². The summed E-state index contributed by atoms with van der Waals surface area (Å²) in [5.74, 6) is -0.703. The molecule has 1 heterocycles. The first kappa shape index (κ1) is 13.0. The molecule has 1 unspecified atom stereocenters. The van der Waals surface area contributed by atoms with Crippen molar-refractivity contribution in [2.75, 3.05) is 6.61 Å². The Morgan fingerprint density at radius 1 is 1.61 bits per heavy atom. The van der Waals surface area contributed by atoms with E-state index in [4.69, 9.17) is 4.74 Å². The molecule has 5 nitrogen and oxygen atoms in total. The summed E-state index contributed by atoms with van der Waals surface area (Å²) in [6, 6.07) is 0.206. The molecule has 1 atom stereocenters. The molecule has 1 fully saturated rings. The quantitative estimate of drug-likeness (QED) is 0.846. The molecule has 0 spiro atoms. The molecule has 18 heavy (non-hydrogen) atoms. The van der Waals surface area contributed by atoms with Gasteiger partial charge in [-0.1, -0.05) is 13.8 Å². The van der Waals surface area contributed by atoms with Crippen molar-refractivity contribution in [1.82, 2.24) is 10.3 Å². The lowest BCUT2D eigenvalue weighted by atomic mass is 10.2. The van der Waals surface area contributed by atoms with Gasteiger partial charge in [0.2, 0.25) is 5.01 Å². The molecule has 0 aromatic carbocycles. The average molecular weight is 268 g/mol. The minimum Gasteiger partial charge on any atom is -0.461 e. The van der Waals surface area contributed by atoms with E-state index in [0.717, 1.165) is 17.8 Å². The van der Waals surface area contributed by atoms with Gasteiger partial charge >= 0.3 is 5.97 Å². The molecule has 1 aliphatic rings. The number of amides is 1. The molecule has 0 bridgehead atoms. The summed E-state index contributed by atoms with van der Waals surface area (Å²) >= 11 is 1.13. The van der Waals surface area contributed by atoms with Crippen LogP contribution in [0.4, 0.5) is 0 Å². The van der Waals surface area contributed by atoms with Crippen molar-refractivity contribution >= 4 is 23.2 Å². The van der Waals surface area contributed by atoms with Crippen LogP contribution in [-0.2, 0) is 4.74 Å². The largest absolute Gasteiger partial charge is 0.461 e. The third kappa shape index (κ3) is 2.69. The predicted octanol–water partition coefficient (Wildman–Crippen LogP) is 1.85. The van der Waals surface area contributed by atoms with Gasteiger partial charge in [0.1, 0.15) is 5.69 Å². The van der Waals surface area contributed by atoms with E-state index in [9.17, 15) is 9.59 Å². The number of carbonyl (C=O) groups is 2. The predicted molar refractivity (Wildman–Crippen MR) is 67.7 cm³/mol. The molecule has 2 rings (SSSR count). The molecule has 98 valence electrons. The summed E-state index contributed by atoms with van der Waals surface area (Å²) in [4.78, 5) is 27.3. The maximum absolute atomic E-state index is 11.9. The number of carbonyl (C=O) groups excluding carboxylic acids is 2. The minimum atomic E-state index is -0.478. The van der Waals surface area contributed by atoms with Crippen LogP contribution in [0.15, 0.2) is 5.38 Å². The van der Waals surface area contributed by atoms with Crippen molar-refractivity contribution in [3.8, 4) is 0 Å². The van der Waals surface area contributed by atoms with E-state index >= 15 is 0 Å². The van der Waals surface area contributed by atoms with Crippen LogP contribution < -0.4 is 5.32 Å². The molecule has 1 amide bonds. The first-order chi connectivity index (χ1) is 8.44.